The van der Waals surface area contributed by atoms with Gasteiger partial charge in [0, 0.05) is 23.8 Å². The lowest BCUT2D eigenvalue weighted by molar-refractivity contribution is -0.123. The van der Waals surface area contributed by atoms with Crippen molar-refractivity contribution in [2.24, 2.45) is 0 Å². The van der Waals surface area contributed by atoms with Gasteiger partial charge in [0.15, 0.2) is 9.84 Å². The van der Waals surface area contributed by atoms with E-state index in [1.807, 2.05) is 29.2 Å². The lowest BCUT2D eigenvalue weighted by atomic mass is 10.0. The lowest BCUT2D eigenvalue weighted by Gasteiger charge is -2.43. The summed E-state index contributed by atoms with van der Waals surface area (Å²) in [7, 11) is -3.27. The Morgan fingerprint density at radius 3 is 2.39 bits per heavy atom. The van der Waals surface area contributed by atoms with E-state index in [9.17, 15) is 17.6 Å². The molecular formula is C21H23FN2O3S. The second-order valence-electron chi connectivity index (χ2n) is 7.49. The molecule has 2 atom stereocenters. The fourth-order valence-corrected chi connectivity index (χ4v) is 6.19. The number of hydrogen-bond acceptors (Lipinski definition) is 4. The first-order chi connectivity index (χ1) is 13.4. The Balaban J connectivity index is 1.66. The molecule has 4 rings (SSSR count). The highest BCUT2D eigenvalue weighted by atomic mass is 32.2. The van der Waals surface area contributed by atoms with E-state index in [-0.39, 0.29) is 42.4 Å². The van der Waals surface area contributed by atoms with Crippen molar-refractivity contribution in [1.29, 1.82) is 0 Å². The number of hydrogen-bond donors (Lipinski definition) is 0. The Morgan fingerprint density at radius 2 is 1.71 bits per heavy atom. The quantitative estimate of drug-likeness (QED) is 0.788. The molecule has 0 spiro atoms. The van der Waals surface area contributed by atoms with Crippen molar-refractivity contribution in [1.82, 2.24) is 4.90 Å². The molecule has 28 heavy (non-hydrogen) atoms. The van der Waals surface area contributed by atoms with Gasteiger partial charge in [-0.15, -0.1) is 0 Å². The zero-order chi connectivity index (χ0) is 19.9. The van der Waals surface area contributed by atoms with Crippen molar-refractivity contribution in [3.8, 4) is 0 Å². The molecule has 2 aromatic carbocycles. The summed E-state index contributed by atoms with van der Waals surface area (Å²) in [5.74, 6) is -0.570. The summed E-state index contributed by atoms with van der Waals surface area (Å²) >= 11 is 0. The number of rotatable bonds is 4. The third kappa shape index (κ3) is 3.56. The van der Waals surface area contributed by atoms with E-state index in [4.69, 9.17) is 0 Å². The van der Waals surface area contributed by atoms with E-state index in [2.05, 4.69) is 6.92 Å². The Kier molecular flexibility index (Phi) is 4.97. The molecule has 0 bridgehead atoms. The average Bonchev–Trinajstić information content (AvgIpc) is 2.99. The minimum absolute atomic E-state index is 0.0110. The molecule has 7 heteroatoms. The van der Waals surface area contributed by atoms with Crippen LogP contribution in [0.15, 0.2) is 48.5 Å². The van der Waals surface area contributed by atoms with Gasteiger partial charge in [-0.05, 0) is 30.2 Å². The van der Waals surface area contributed by atoms with Crippen LogP contribution in [0.3, 0.4) is 0 Å². The van der Waals surface area contributed by atoms with E-state index in [1.165, 1.54) is 6.07 Å². The number of sulfone groups is 1. The van der Waals surface area contributed by atoms with Crippen molar-refractivity contribution in [3.05, 3.63) is 65.5 Å². The smallest absolute Gasteiger partial charge is 0.241 e. The molecule has 2 fully saturated rings. The van der Waals surface area contributed by atoms with Gasteiger partial charge in [-0.1, -0.05) is 37.3 Å². The minimum Gasteiger partial charge on any atom is -0.306 e. The third-order valence-corrected chi connectivity index (χ3v) is 7.35. The van der Waals surface area contributed by atoms with Crippen molar-refractivity contribution in [2.75, 3.05) is 23.0 Å². The molecule has 0 aromatic heterocycles. The normalized spacial score (nSPS) is 24.4. The number of amides is 1. The number of piperazine rings is 1. The summed E-state index contributed by atoms with van der Waals surface area (Å²) in [4.78, 5) is 16.4. The Hall–Kier alpha value is -2.25. The van der Waals surface area contributed by atoms with Crippen molar-refractivity contribution in [3.63, 3.8) is 0 Å². The molecule has 5 nitrogen and oxygen atoms in total. The highest BCUT2D eigenvalue weighted by molar-refractivity contribution is 7.91. The molecule has 0 radical (unpaired) electrons. The molecule has 2 aliphatic heterocycles. The number of aryl methyl sites for hydroxylation is 1. The molecule has 0 N–H and O–H groups in total. The largest absolute Gasteiger partial charge is 0.306 e. The zero-order valence-electron chi connectivity index (χ0n) is 15.7. The summed E-state index contributed by atoms with van der Waals surface area (Å²) in [5.41, 5.74) is 2.35. The number of fused-ring (bicyclic) bond motifs is 1. The predicted molar refractivity (Wildman–Crippen MR) is 106 cm³/mol. The number of benzene rings is 2. The fraction of sp³-hybridized carbons (Fsp3) is 0.381. The molecule has 0 unspecified atom stereocenters. The van der Waals surface area contributed by atoms with Crippen LogP contribution in [0.1, 0.15) is 18.1 Å². The van der Waals surface area contributed by atoms with Crippen LogP contribution in [0.4, 0.5) is 10.1 Å². The van der Waals surface area contributed by atoms with Crippen molar-refractivity contribution < 1.29 is 17.6 Å². The number of nitrogens with zero attached hydrogens (tertiary/aromatic N) is 2. The first kappa shape index (κ1) is 19.1. The van der Waals surface area contributed by atoms with Gasteiger partial charge in [-0.25, -0.2) is 12.8 Å². The third-order valence-electron chi connectivity index (χ3n) is 5.66. The minimum atomic E-state index is -3.27. The molecule has 2 aliphatic rings. The maximum absolute atomic E-state index is 14.1. The Labute approximate surface area is 164 Å². The van der Waals surface area contributed by atoms with Gasteiger partial charge in [0.05, 0.1) is 24.1 Å². The number of halogens is 1. The van der Waals surface area contributed by atoms with Crippen LogP contribution in [0.25, 0.3) is 0 Å². The highest BCUT2D eigenvalue weighted by Gasteiger charge is 2.49. The van der Waals surface area contributed by atoms with E-state index in [1.54, 1.807) is 23.1 Å². The van der Waals surface area contributed by atoms with E-state index in [0.29, 0.717) is 5.56 Å². The molecule has 148 valence electrons. The van der Waals surface area contributed by atoms with Crippen LogP contribution in [0.5, 0.6) is 0 Å². The monoisotopic (exact) mass is 402 g/mol. The van der Waals surface area contributed by atoms with Gasteiger partial charge in [-0.2, -0.15) is 0 Å². The number of carbonyl (C=O) groups is 1. The first-order valence-corrected chi connectivity index (χ1v) is 11.3. The number of carbonyl (C=O) groups excluding carboxylic acids is 1. The second kappa shape index (κ2) is 7.29. The standard InChI is InChI=1S/C21H23FN2O3S/c1-2-15-7-9-17(10-8-15)24-20-14-28(26,27)13-19(20)23(12-21(24)25)11-16-5-3-4-6-18(16)22/h3-10,19-20H,2,11-14H2,1H3/t19-,20+/m0/s1. The van der Waals surface area contributed by atoms with E-state index in [0.717, 1.165) is 17.7 Å². The second-order valence-corrected chi connectivity index (χ2v) is 9.65. The summed E-state index contributed by atoms with van der Waals surface area (Å²) in [6.07, 6.45) is 0.894. The summed E-state index contributed by atoms with van der Waals surface area (Å²) in [6.45, 7) is 2.35. The molecule has 2 heterocycles. The molecule has 0 saturated carbocycles. The molecule has 0 aliphatic carbocycles. The van der Waals surface area contributed by atoms with Crippen LogP contribution in [-0.4, -0.2) is 49.4 Å². The summed E-state index contributed by atoms with van der Waals surface area (Å²) in [5, 5.41) is 0. The zero-order valence-corrected chi connectivity index (χ0v) is 16.5. The van der Waals surface area contributed by atoms with Crippen LogP contribution in [0.2, 0.25) is 0 Å². The maximum Gasteiger partial charge on any atom is 0.241 e. The predicted octanol–water partition coefficient (Wildman–Crippen LogP) is 2.40. The van der Waals surface area contributed by atoms with Gasteiger partial charge in [0.25, 0.3) is 0 Å². The maximum atomic E-state index is 14.1. The number of anilines is 1. The lowest BCUT2D eigenvalue weighted by Crippen LogP contribution is -2.61. The average molecular weight is 402 g/mol. The van der Waals surface area contributed by atoms with E-state index < -0.39 is 15.9 Å². The summed E-state index contributed by atoms with van der Waals surface area (Å²) < 4.78 is 38.9. The Bertz CT molecular complexity index is 991. The SMILES string of the molecule is CCc1ccc(N2C(=O)CN(Cc3ccccc3F)[C@H]3CS(=O)(=O)C[C@H]32)cc1. The molecule has 1 amide bonds. The van der Waals surface area contributed by atoms with Gasteiger partial charge in [-0.3, -0.25) is 9.69 Å². The highest BCUT2D eigenvalue weighted by Crippen LogP contribution is 2.32. The van der Waals surface area contributed by atoms with Crippen molar-refractivity contribution >= 4 is 21.4 Å². The van der Waals surface area contributed by atoms with Crippen LogP contribution < -0.4 is 4.90 Å². The van der Waals surface area contributed by atoms with Crippen molar-refractivity contribution in [2.45, 2.75) is 32.0 Å². The topological polar surface area (TPSA) is 57.7 Å². The Morgan fingerprint density at radius 1 is 1.04 bits per heavy atom. The van der Waals surface area contributed by atoms with Gasteiger partial charge < -0.3 is 4.90 Å². The van der Waals surface area contributed by atoms with E-state index >= 15 is 0 Å². The van der Waals surface area contributed by atoms with Gasteiger partial charge in [0.2, 0.25) is 5.91 Å². The first-order valence-electron chi connectivity index (χ1n) is 9.47. The van der Waals surface area contributed by atoms with Crippen LogP contribution in [-0.2, 0) is 27.6 Å². The van der Waals surface area contributed by atoms with Gasteiger partial charge >= 0.3 is 0 Å². The summed E-state index contributed by atoms with van der Waals surface area (Å²) in [6, 6.07) is 13.3. The molecular weight excluding hydrogens is 379 g/mol. The van der Waals surface area contributed by atoms with Crippen LogP contribution >= 0.6 is 0 Å². The van der Waals surface area contributed by atoms with Gasteiger partial charge in [0.1, 0.15) is 5.82 Å². The molecule has 2 saturated heterocycles. The fourth-order valence-electron chi connectivity index (χ4n) is 4.20. The molecule has 2 aromatic rings. The van der Waals surface area contributed by atoms with Crippen LogP contribution in [0, 0.1) is 5.82 Å².